The summed E-state index contributed by atoms with van der Waals surface area (Å²) in [5.41, 5.74) is 3.93. The van der Waals surface area contributed by atoms with E-state index in [2.05, 4.69) is 10.1 Å². The first-order valence-corrected chi connectivity index (χ1v) is 10.1. The van der Waals surface area contributed by atoms with Gasteiger partial charge in [-0.05, 0) is 56.3 Å². The normalized spacial score (nSPS) is 10.4. The van der Waals surface area contributed by atoms with Crippen molar-refractivity contribution in [2.75, 3.05) is 6.61 Å². The van der Waals surface area contributed by atoms with E-state index in [4.69, 9.17) is 31.2 Å². The van der Waals surface area contributed by atoms with Crippen LogP contribution < -0.4 is 0 Å². The van der Waals surface area contributed by atoms with Gasteiger partial charge in [0, 0.05) is 29.9 Å². The number of ether oxygens (including phenoxy) is 1. The molecule has 0 unspecified atom stereocenters. The van der Waals surface area contributed by atoms with Crippen molar-refractivity contribution < 1.29 is 19.4 Å². The fourth-order valence-electron chi connectivity index (χ4n) is 3.08. The van der Waals surface area contributed by atoms with Gasteiger partial charge < -0.3 is 9.84 Å². The van der Waals surface area contributed by atoms with E-state index in [1.54, 1.807) is 42.2 Å². The molecule has 8 nitrogen and oxygen atoms in total. The molecule has 1 aromatic carbocycles. The van der Waals surface area contributed by atoms with Crippen molar-refractivity contribution in [2.24, 2.45) is 0 Å². The highest BCUT2D eigenvalue weighted by atomic mass is 35.5. The third-order valence-corrected chi connectivity index (χ3v) is 4.59. The molecule has 1 N–H and O–H groups in total. The first-order valence-electron chi connectivity index (χ1n) is 9.75. The molecule has 3 aromatic heterocycles. The Morgan fingerprint density at radius 3 is 2.47 bits per heavy atom. The quantitative estimate of drug-likeness (QED) is 0.446. The molecule has 32 heavy (non-hydrogen) atoms. The molecule has 0 saturated heterocycles. The number of halogens is 1. The van der Waals surface area contributed by atoms with Crippen molar-refractivity contribution in [3.05, 3.63) is 71.1 Å². The van der Waals surface area contributed by atoms with Crippen LogP contribution in [-0.2, 0) is 9.53 Å². The highest BCUT2D eigenvalue weighted by Gasteiger charge is 2.21. The maximum Gasteiger partial charge on any atom is 0.339 e. The number of carbonyl (C=O) groups is 2. The second-order valence-corrected chi connectivity index (χ2v) is 7.14. The molecule has 3 heterocycles. The molecule has 0 spiro atoms. The van der Waals surface area contributed by atoms with Crippen LogP contribution in [0.4, 0.5) is 0 Å². The van der Waals surface area contributed by atoms with Gasteiger partial charge in [0.2, 0.25) is 0 Å². The number of fused-ring (bicyclic) bond motifs is 1. The minimum atomic E-state index is -0.833. The molecule has 4 aromatic rings. The average Bonchev–Trinajstić information content (AvgIpc) is 3.10. The maximum atomic E-state index is 12.7. The van der Waals surface area contributed by atoms with Crippen LogP contribution in [0.3, 0.4) is 0 Å². The number of nitrogens with zero attached hydrogens (tertiary/aromatic N) is 4. The van der Waals surface area contributed by atoms with E-state index in [9.17, 15) is 4.79 Å². The minimum Gasteiger partial charge on any atom is -0.481 e. The van der Waals surface area contributed by atoms with Crippen LogP contribution >= 0.6 is 11.6 Å². The SMILES string of the molecule is CC(=O)O.CCOC(=O)c1cc(-c2cccnc2)nc2c1c(C)nn2-c1ccc(Cl)cc1. The number of carboxylic acid groups (broad SMARTS) is 1. The highest BCUT2D eigenvalue weighted by molar-refractivity contribution is 6.30. The summed E-state index contributed by atoms with van der Waals surface area (Å²) in [7, 11) is 0. The Bertz CT molecular complexity index is 1250. The first-order chi connectivity index (χ1) is 15.3. The monoisotopic (exact) mass is 452 g/mol. The van der Waals surface area contributed by atoms with E-state index < -0.39 is 11.9 Å². The molecular weight excluding hydrogens is 432 g/mol. The van der Waals surface area contributed by atoms with E-state index >= 15 is 0 Å². The number of rotatable bonds is 4. The number of carbonyl (C=O) groups excluding carboxylic acids is 1. The summed E-state index contributed by atoms with van der Waals surface area (Å²) in [6.07, 6.45) is 3.40. The Morgan fingerprint density at radius 2 is 1.88 bits per heavy atom. The summed E-state index contributed by atoms with van der Waals surface area (Å²) in [4.78, 5) is 30.6. The van der Waals surface area contributed by atoms with Crippen LogP contribution in [0.1, 0.15) is 29.9 Å². The van der Waals surface area contributed by atoms with Gasteiger partial charge in [-0.1, -0.05) is 11.6 Å². The lowest BCUT2D eigenvalue weighted by Gasteiger charge is -2.09. The number of aromatic nitrogens is 4. The average molecular weight is 453 g/mol. The van der Waals surface area contributed by atoms with Gasteiger partial charge in [0.1, 0.15) is 0 Å². The van der Waals surface area contributed by atoms with E-state index in [0.717, 1.165) is 18.2 Å². The molecule has 0 aliphatic rings. The van der Waals surface area contributed by atoms with Gasteiger partial charge in [0.05, 0.1) is 34.6 Å². The standard InChI is InChI=1S/C21H17ClN4O2.C2H4O2/c1-3-28-21(27)17-11-18(14-5-4-10-23-12-14)24-20-19(17)13(2)25-26(20)16-8-6-15(22)7-9-16;1-2(3)4/h4-12H,3H2,1-2H3;1H3,(H,3,4). The lowest BCUT2D eigenvalue weighted by molar-refractivity contribution is -0.134. The molecule has 0 fully saturated rings. The van der Waals surface area contributed by atoms with Crippen molar-refractivity contribution in [1.29, 1.82) is 0 Å². The predicted molar refractivity (Wildman–Crippen MR) is 121 cm³/mol. The van der Waals surface area contributed by atoms with Gasteiger partial charge >= 0.3 is 5.97 Å². The van der Waals surface area contributed by atoms with Gasteiger partial charge in [-0.2, -0.15) is 5.10 Å². The zero-order chi connectivity index (χ0) is 23.3. The van der Waals surface area contributed by atoms with Gasteiger partial charge in [0.15, 0.2) is 5.65 Å². The largest absolute Gasteiger partial charge is 0.481 e. The second kappa shape index (κ2) is 10.0. The van der Waals surface area contributed by atoms with Gasteiger partial charge in [-0.3, -0.25) is 9.78 Å². The molecule has 0 saturated carbocycles. The Morgan fingerprint density at radius 1 is 1.19 bits per heavy atom. The summed E-state index contributed by atoms with van der Waals surface area (Å²) >= 11 is 6.02. The molecule has 0 aliphatic carbocycles. The van der Waals surface area contributed by atoms with Crippen molar-refractivity contribution in [3.63, 3.8) is 0 Å². The fraction of sp³-hybridized carbons (Fsp3) is 0.174. The van der Waals surface area contributed by atoms with Crippen LogP contribution in [0.2, 0.25) is 5.02 Å². The maximum absolute atomic E-state index is 12.7. The number of pyridine rings is 2. The van der Waals surface area contributed by atoms with Crippen LogP contribution in [-0.4, -0.2) is 43.4 Å². The van der Waals surface area contributed by atoms with Crippen LogP contribution in [0, 0.1) is 6.92 Å². The topological polar surface area (TPSA) is 107 Å². The Balaban J connectivity index is 0.000000668. The van der Waals surface area contributed by atoms with E-state index in [1.165, 1.54) is 0 Å². The van der Waals surface area contributed by atoms with Gasteiger partial charge in [0.25, 0.3) is 5.97 Å². The summed E-state index contributed by atoms with van der Waals surface area (Å²) in [6.45, 7) is 5.00. The Kier molecular flexibility index (Phi) is 7.17. The van der Waals surface area contributed by atoms with Crippen molar-refractivity contribution in [1.82, 2.24) is 19.7 Å². The first kappa shape index (κ1) is 22.9. The molecule has 0 bridgehead atoms. The minimum absolute atomic E-state index is 0.287. The highest BCUT2D eigenvalue weighted by Crippen LogP contribution is 2.29. The van der Waals surface area contributed by atoms with E-state index in [0.29, 0.717) is 33.0 Å². The van der Waals surface area contributed by atoms with E-state index in [-0.39, 0.29) is 6.61 Å². The molecular formula is C23H21ClN4O4. The third kappa shape index (κ3) is 5.09. The van der Waals surface area contributed by atoms with Gasteiger partial charge in [-0.15, -0.1) is 0 Å². The number of hydrogen-bond donors (Lipinski definition) is 1. The number of aryl methyl sites for hydroxylation is 1. The van der Waals surface area contributed by atoms with Crippen LogP contribution in [0.25, 0.3) is 28.0 Å². The zero-order valence-corrected chi connectivity index (χ0v) is 18.5. The molecule has 0 atom stereocenters. The van der Waals surface area contributed by atoms with Crippen LogP contribution in [0.5, 0.6) is 0 Å². The molecule has 4 rings (SSSR count). The molecule has 0 radical (unpaired) electrons. The zero-order valence-electron chi connectivity index (χ0n) is 17.7. The number of carboxylic acids is 1. The number of hydrogen-bond acceptors (Lipinski definition) is 6. The summed E-state index contributed by atoms with van der Waals surface area (Å²) in [5.74, 6) is -1.24. The molecule has 0 amide bonds. The predicted octanol–water partition coefficient (Wildman–Crippen LogP) is 4.71. The Labute approximate surface area is 189 Å². The summed E-state index contributed by atoms with van der Waals surface area (Å²) in [6, 6.07) is 12.7. The number of benzene rings is 1. The smallest absolute Gasteiger partial charge is 0.339 e. The fourth-order valence-corrected chi connectivity index (χ4v) is 3.21. The van der Waals surface area contributed by atoms with Gasteiger partial charge in [-0.25, -0.2) is 14.5 Å². The summed E-state index contributed by atoms with van der Waals surface area (Å²) in [5, 5.41) is 13.3. The van der Waals surface area contributed by atoms with Crippen molar-refractivity contribution in [3.8, 4) is 16.9 Å². The third-order valence-electron chi connectivity index (χ3n) is 4.34. The van der Waals surface area contributed by atoms with Crippen molar-refractivity contribution >= 4 is 34.6 Å². The lowest BCUT2D eigenvalue weighted by atomic mass is 10.1. The van der Waals surface area contributed by atoms with Crippen LogP contribution in [0.15, 0.2) is 54.9 Å². The number of esters is 1. The molecule has 9 heteroatoms. The second-order valence-electron chi connectivity index (χ2n) is 6.71. The number of aliphatic carboxylic acids is 1. The lowest BCUT2D eigenvalue weighted by Crippen LogP contribution is -2.07. The van der Waals surface area contributed by atoms with E-state index in [1.807, 2.05) is 31.2 Å². The Hall–Kier alpha value is -3.78. The van der Waals surface area contributed by atoms with Crippen molar-refractivity contribution in [2.45, 2.75) is 20.8 Å². The summed E-state index contributed by atoms with van der Waals surface area (Å²) < 4.78 is 6.99. The molecule has 164 valence electrons. The molecule has 0 aliphatic heterocycles.